The molecule has 0 aliphatic carbocycles. The highest BCUT2D eigenvalue weighted by molar-refractivity contribution is 5.72. The molecule has 326 valence electrons. The topological polar surface area (TPSA) is 99.1 Å². The zero-order valence-corrected chi connectivity index (χ0v) is 36.9. The molecule has 0 rings (SSSR count). The van der Waals surface area contributed by atoms with Crippen LogP contribution < -0.4 is 0 Å². The lowest BCUT2D eigenvalue weighted by atomic mass is 10.1. The van der Waals surface area contributed by atoms with Crippen molar-refractivity contribution in [2.45, 2.75) is 148 Å². The average Bonchev–Trinajstić information content (AvgIpc) is 3.18. The highest BCUT2D eigenvalue weighted by Crippen LogP contribution is 2.11. The molecular formula is C50H80NO7+. The summed E-state index contributed by atoms with van der Waals surface area (Å²) in [5.41, 5.74) is 0. The van der Waals surface area contributed by atoms with Gasteiger partial charge < -0.3 is 23.8 Å². The Morgan fingerprint density at radius 3 is 1.38 bits per heavy atom. The van der Waals surface area contributed by atoms with Crippen molar-refractivity contribution >= 4 is 17.9 Å². The summed E-state index contributed by atoms with van der Waals surface area (Å²) in [6.07, 6.45) is 54.4. The van der Waals surface area contributed by atoms with E-state index in [1.165, 1.54) is 0 Å². The molecule has 0 spiro atoms. The number of carbonyl (C=O) groups excluding carboxylic acids is 2. The minimum absolute atomic E-state index is 0.0246. The van der Waals surface area contributed by atoms with Gasteiger partial charge in [-0.1, -0.05) is 136 Å². The number of carbonyl (C=O) groups is 3. The van der Waals surface area contributed by atoms with E-state index in [0.717, 1.165) is 96.3 Å². The van der Waals surface area contributed by atoms with E-state index in [-0.39, 0.29) is 42.7 Å². The average molecular weight is 807 g/mol. The molecule has 8 heteroatoms. The van der Waals surface area contributed by atoms with Gasteiger partial charge in [0.05, 0.1) is 34.4 Å². The molecule has 2 atom stereocenters. The highest BCUT2D eigenvalue weighted by atomic mass is 16.6. The van der Waals surface area contributed by atoms with Crippen LogP contribution in [0.5, 0.6) is 0 Å². The number of likely N-dealkylation sites (N-methyl/N-ethyl adjacent to an activating group) is 1. The molecule has 0 aliphatic rings. The Hall–Kier alpha value is -4.01. The van der Waals surface area contributed by atoms with Crippen LogP contribution in [0.1, 0.15) is 136 Å². The molecule has 0 bridgehead atoms. The Balaban J connectivity index is 4.40. The molecular weight excluding hydrogens is 727 g/mol. The third-order valence-electron chi connectivity index (χ3n) is 8.92. The van der Waals surface area contributed by atoms with Gasteiger partial charge in [-0.15, -0.1) is 0 Å². The quantitative estimate of drug-likeness (QED) is 0.0289. The first-order valence-electron chi connectivity index (χ1n) is 21.9. The van der Waals surface area contributed by atoms with E-state index in [9.17, 15) is 19.5 Å². The lowest BCUT2D eigenvalue weighted by molar-refractivity contribution is -0.887. The lowest BCUT2D eigenvalue weighted by Crippen LogP contribution is -2.50. The number of esters is 2. The largest absolute Gasteiger partial charge is 0.477 e. The number of quaternary nitrogens is 1. The molecule has 0 saturated carbocycles. The molecule has 0 fully saturated rings. The van der Waals surface area contributed by atoms with E-state index < -0.39 is 18.1 Å². The van der Waals surface area contributed by atoms with Gasteiger partial charge in [0.15, 0.2) is 12.1 Å². The predicted molar refractivity (Wildman–Crippen MR) is 242 cm³/mol. The summed E-state index contributed by atoms with van der Waals surface area (Å²) in [7, 11) is 5.48. The minimum atomic E-state index is -0.893. The van der Waals surface area contributed by atoms with Crippen LogP contribution in [0.25, 0.3) is 0 Å². The molecule has 0 aromatic rings. The Kier molecular flexibility index (Phi) is 37.0. The highest BCUT2D eigenvalue weighted by Gasteiger charge is 2.31. The van der Waals surface area contributed by atoms with Crippen molar-refractivity contribution in [1.29, 1.82) is 0 Å². The van der Waals surface area contributed by atoms with Crippen LogP contribution >= 0.6 is 0 Å². The number of hydrogen-bond acceptors (Lipinski definition) is 6. The third-order valence-corrected chi connectivity index (χ3v) is 8.92. The summed E-state index contributed by atoms with van der Waals surface area (Å²) in [4.78, 5) is 36.9. The number of ether oxygens (including phenoxy) is 3. The van der Waals surface area contributed by atoms with E-state index in [4.69, 9.17) is 14.2 Å². The number of unbranched alkanes of at least 4 members (excludes halogenated alkanes) is 5. The van der Waals surface area contributed by atoms with Gasteiger partial charge >= 0.3 is 17.9 Å². The van der Waals surface area contributed by atoms with E-state index in [2.05, 4.69) is 123 Å². The first kappa shape index (κ1) is 54.0. The second-order valence-corrected chi connectivity index (χ2v) is 15.2. The predicted octanol–water partition coefficient (Wildman–Crippen LogP) is 12.1. The molecule has 8 nitrogen and oxygen atoms in total. The van der Waals surface area contributed by atoms with Gasteiger partial charge in [0.2, 0.25) is 0 Å². The first-order valence-corrected chi connectivity index (χ1v) is 21.9. The standard InChI is InChI=1S/C50H79NO7/c1-6-8-10-12-14-16-18-19-20-21-22-23-24-25-26-27-28-29-31-32-34-36-38-40-48(52)57-45-46(44-56-43-42-47(50(54)55)51(3,4)5)58-49(53)41-39-37-35-33-30-17-15-13-11-9-7-2/h8-11,14-17,19-20,22-23,25-26,28-29,33,35,46-47H,6-7,12-13,18,21,24,27,30-32,34,36-45H2,1-5H3/p+1/b10-8+,11-9+,16-14+,17-15+,20-19+,23-22+,26-25+,29-28+,35-33+. The zero-order valence-electron chi connectivity index (χ0n) is 36.9. The van der Waals surface area contributed by atoms with Gasteiger partial charge in [-0.05, 0) is 89.9 Å². The van der Waals surface area contributed by atoms with Crippen molar-refractivity contribution in [3.8, 4) is 0 Å². The van der Waals surface area contributed by atoms with Crippen molar-refractivity contribution < 1.29 is 38.2 Å². The van der Waals surface area contributed by atoms with Crippen LogP contribution in [0.3, 0.4) is 0 Å². The van der Waals surface area contributed by atoms with Crippen LogP contribution in [0.4, 0.5) is 0 Å². The van der Waals surface area contributed by atoms with Gasteiger partial charge in [-0.2, -0.15) is 0 Å². The van der Waals surface area contributed by atoms with E-state index in [1.54, 1.807) is 0 Å². The maximum atomic E-state index is 12.6. The van der Waals surface area contributed by atoms with Gasteiger partial charge in [0.25, 0.3) is 0 Å². The maximum Gasteiger partial charge on any atom is 0.362 e. The number of aliphatic carboxylic acids is 1. The normalized spacial score (nSPS) is 14.0. The first-order chi connectivity index (χ1) is 28.1. The second-order valence-electron chi connectivity index (χ2n) is 15.2. The van der Waals surface area contributed by atoms with Crippen LogP contribution in [-0.2, 0) is 28.6 Å². The molecule has 2 unspecified atom stereocenters. The van der Waals surface area contributed by atoms with Crippen LogP contribution in [0, 0.1) is 0 Å². The third kappa shape index (κ3) is 37.6. The fourth-order valence-electron chi connectivity index (χ4n) is 5.59. The van der Waals surface area contributed by atoms with Crippen molar-refractivity contribution in [3.63, 3.8) is 0 Å². The van der Waals surface area contributed by atoms with Crippen molar-refractivity contribution in [1.82, 2.24) is 0 Å². The molecule has 0 amide bonds. The molecule has 0 heterocycles. The molecule has 0 aromatic heterocycles. The molecule has 0 saturated heterocycles. The molecule has 58 heavy (non-hydrogen) atoms. The van der Waals surface area contributed by atoms with Crippen LogP contribution in [0.15, 0.2) is 109 Å². The smallest absolute Gasteiger partial charge is 0.362 e. The monoisotopic (exact) mass is 807 g/mol. The number of carboxylic acids is 1. The fourth-order valence-corrected chi connectivity index (χ4v) is 5.59. The van der Waals surface area contributed by atoms with Gasteiger partial charge in [-0.3, -0.25) is 9.59 Å². The summed E-state index contributed by atoms with van der Waals surface area (Å²) in [5, 5.41) is 9.61. The van der Waals surface area contributed by atoms with Crippen LogP contribution in [-0.4, -0.2) is 80.6 Å². The minimum Gasteiger partial charge on any atom is -0.477 e. The lowest BCUT2D eigenvalue weighted by Gasteiger charge is -2.31. The molecule has 1 N–H and O–H groups in total. The number of allylic oxidation sites excluding steroid dienone is 18. The summed E-state index contributed by atoms with van der Waals surface area (Å²) in [6, 6.07) is -0.633. The number of carboxylic acid groups (broad SMARTS) is 1. The Bertz CT molecular complexity index is 1310. The second kappa shape index (κ2) is 39.8. The Morgan fingerprint density at radius 1 is 0.517 bits per heavy atom. The van der Waals surface area contributed by atoms with Gasteiger partial charge in [0.1, 0.15) is 6.61 Å². The number of hydrogen-bond donors (Lipinski definition) is 1. The number of nitrogens with zero attached hydrogens (tertiary/aromatic N) is 1. The van der Waals surface area contributed by atoms with E-state index >= 15 is 0 Å². The summed E-state index contributed by atoms with van der Waals surface area (Å²) in [5.74, 6) is -1.59. The van der Waals surface area contributed by atoms with Crippen molar-refractivity contribution in [2.24, 2.45) is 0 Å². The summed E-state index contributed by atoms with van der Waals surface area (Å²) >= 11 is 0. The fraction of sp³-hybridized carbons (Fsp3) is 0.580. The zero-order chi connectivity index (χ0) is 42.8. The molecule has 0 aromatic carbocycles. The van der Waals surface area contributed by atoms with E-state index in [0.29, 0.717) is 19.3 Å². The Labute approximate surface area is 353 Å². The van der Waals surface area contributed by atoms with Gasteiger partial charge in [-0.25, -0.2) is 4.79 Å². The molecule has 0 aliphatic heterocycles. The van der Waals surface area contributed by atoms with Crippen molar-refractivity contribution in [3.05, 3.63) is 109 Å². The summed E-state index contributed by atoms with van der Waals surface area (Å²) in [6.45, 7) is 4.38. The maximum absolute atomic E-state index is 12.6. The number of rotatable bonds is 37. The van der Waals surface area contributed by atoms with Crippen LogP contribution in [0.2, 0.25) is 0 Å². The summed E-state index contributed by atoms with van der Waals surface area (Å²) < 4.78 is 17.2. The van der Waals surface area contributed by atoms with Crippen molar-refractivity contribution in [2.75, 3.05) is 41.0 Å². The SMILES string of the molecule is CC/C=C/C/C=C/C/C=C/C/C=C/C/C=C/C/C=C/CCCCCCC(=O)OCC(COCCC(C(=O)O)[N+](C)(C)C)OC(=O)CCC/C=C/C/C=C/C/C=C/CC. The van der Waals surface area contributed by atoms with Gasteiger partial charge in [0, 0.05) is 19.3 Å². The molecule has 0 radical (unpaired) electrons. The Morgan fingerprint density at radius 2 is 0.931 bits per heavy atom. The van der Waals surface area contributed by atoms with E-state index in [1.807, 2.05) is 21.1 Å².